The Labute approximate surface area is 200 Å². The highest BCUT2D eigenvalue weighted by Crippen LogP contribution is 2.34. The summed E-state index contributed by atoms with van der Waals surface area (Å²) in [7, 11) is 3.17. The number of amides is 1. The van der Waals surface area contributed by atoms with E-state index in [1.54, 1.807) is 32.7 Å². The Balaban J connectivity index is 1.56. The number of hydrogen-bond acceptors (Lipinski definition) is 8. The average Bonchev–Trinajstić information content (AvgIpc) is 3.32. The van der Waals surface area contributed by atoms with Crippen molar-refractivity contribution in [2.75, 3.05) is 20.0 Å². The quantitative estimate of drug-likeness (QED) is 0.225. The number of benzene rings is 2. The lowest BCUT2D eigenvalue weighted by molar-refractivity contribution is -0.118. The van der Waals surface area contributed by atoms with Crippen molar-refractivity contribution >= 4 is 23.9 Å². The Morgan fingerprint density at radius 3 is 2.62 bits per heavy atom. The van der Waals surface area contributed by atoms with Crippen molar-refractivity contribution in [1.29, 1.82) is 0 Å². The smallest absolute Gasteiger partial charge is 0.250 e. The first-order chi connectivity index (χ1) is 16.7. The predicted octanol–water partition coefficient (Wildman–Crippen LogP) is 3.59. The number of nitrogens with one attached hydrogen (secondary N) is 1. The van der Waals surface area contributed by atoms with Gasteiger partial charge in [-0.1, -0.05) is 36.0 Å². The van der Waals surface area contributed by atoms with Gasteiger partial charge in [-0.15, -0.1) is 10.2 Å². The number of pyridine rings is 1. The Hall–Kier alpha value is -4.18. The molecule has 1 amide bonds. The number of rotatable bonds is 9. The lowest BCUT2D eigenvalue weighted by atomic mass is 10.2. The minimum Gasteiger partial charge on any atom is -0.493 e. The summed E-state index contributed by atoms with van der Waals surface area (Å²) in [6.07, 6.45) is 4.87. The van der Waals surface area contributed by atoms with E-state index in [2.05, 4.69) is 25.7 Å². The van der Waals surface area contributed by atoms with E-state index in [4.69, 9.17) is 9.47 Å². The second-order valence-electron chi connectivity index (χ2n) is 6.92. The van der Waals surface area contributed by atoms with Gasteiger partial charge in [0, 0.05) is 29.2 Å². The Morgan fingerprint density at radius 2 is 1.88 bits per heavy atom. The Bertz CT molecular complexity index is 1280. The molecule has 0 aliphatic carbocycles. The van der Waals surface area contributed by atoms with Gasteiger partial charge in [0.05, 0.1) is 26.2 Å². The maximum atomic E-state index is 12.3. The molecule has 10 heteroatoms. The molecule has 0 bridgehead atoms. The third kappa shape index (κ3) is 5.41. The molecule has 1 N–H and O–H groups in total. The molecule has 0 radical (unpaired) electrons. The molecule has 0 aliphatic heterocycles. The third-order valence-electron chi connectivity index (χ3n) is 4.71. The van der Waals surface area contributed by atoms with Crippen molar-refractivity contribution in [3.63, 3.8) is 0 Å². The van der Waals surface area contributed by atoms with Crippen molar-refractivity contribution in [1.82, 2.24) is 25.2 Å². The van der Waals surface area contributed by atoms with E-state index in [0.717, 1.165) is 16.8 Å². The van der Waals surface area contributed by atoms with Crippen LogP contribution in [0.25, 0.3) is 17.1 Å². The van der Waals surface area contributed by atoms with Gasteiger partial charge >= 0.3 is 0 Å². The molecule has 34 heavy (non-hydrogen) atoms. The number of aromatic nitrogens is 4. The first-order valence-electron chi connectivity index (χ1n) is 10.3. The van der Waals surface area contributed by atoms with Crippen LogP contribution < -0.4 is 14.9 Å². The van der Waals surface area contributed by atoms with E-state index in [1.165, 1.54) is 18.0 Å². The van der Waals surface area contributed by atoms with Gasteiger partial charge in [-0.25, -0.2) is 5.43 Å². The van der Waals surface area contributed by atoms with Crippen molar-refractivity contribution in [2.24, 2.45) is 5.10 Å². The molecule has 0 saturated heterocycles. The summed E-state index contributed by atoms with van der Waals surface area (Å²) in [6.45, 7) is 0. The molecule has 4 rings (SSSR count). The highest BCUT2D eigenvalue weighted by molar-refractivity contribution is 7.99. The zero-order valence-corrected chi connectivity index (χ0v) is 19.4. The minimum absolute atomic E-state index is 0.112. The number of thioether (sulfide) groups is 1. The number of hydrazone groups is 1. The number of ether oxygens (including phenoxy) is 2. The highest BCUT2D eigenvalue weighted by Gasteiger charge is 2.18. The van der Waals surface area contributed by atoms with Crippen LogP contribution in [0, 0.1) is 0 Å². The zero-order chi connectivity index (χ0) is 23.8. The summed E-state index contributed by atoms with van der Waals surface area (Å²) in [5, 5.41) is 13.3. The van der Waals surface area contributed by atoms with Crippen molar-refractivity contribution in [3.8, 4) is 28.6 Å². The fourth-order valence-corrected chi connectivity index (χ4v) is 3.87. The molecule has 0 spiro atoms. The molecule has 9 nitrogen and oxygen atoms in total. The predicted molar refractivity (Wildman–Crippen MR) is 131 cm³/mol. The van der Waals surface area contributed by atoms with E-state index >= 15 is 0 Å². The van der Waals surface area contributed by atoms with Crippen LogP contribution in [0.4, 0.5) is 0 Å². The summed E-state index contributed by atoms with van der Waals surface area (Å²) in [5.41, 5.74) is 4.98. The summed E-state index contributed by atoms with van der Waals surface area (Å²) >= 11 is 1.26. The zero-order valence-electron chi connectivity index (χ0n) is 18.6. The van der Waals surface area contributed by atoms with Crippen molar-refractivity contribution < 1.29 is 14.3 Å². The van der Waals surface area contributed by atoms with E-state index in [1.807, 2.05) is 59.2 Å². The molecule has 0 unspecified atom stereocenters. The van der Waals surface area contributed by atoms with E-state index in [-0.39, 0.29) is 11.7 Å². The molecule has 2 heterocycles. The van der Waals surface area contributed by atoms with Crippen LogP contribution >= 0.6 is 11.8 Å². The van der Waals surface area contributed by atoms with Crippen molar-refractivity contribution in [3.05, 3.63) is 78.6 Å². The van der Waals surface area contributed by atoms with Crippen LogP contribution in [0.15, 0.2) is 83.3 Å². The van der Waals surface area contributed by atoms with Crippen LogP contribution in [-0.4, -0.2) is 51.8 Å². The van der Waals surface area contributed by atoms with Crippen LogP contribution in [0.1, 0.15) is 5.56 Å². The molecule has 172 valence electrons. The minimum atomic E-state index is -0.264. The molecular weight excluding hydrogens is 452 g/mol. The fraction of sp³-hybridized carbons (Fsp3) is 0.125. The first-order valence-corrected chi connectivity index (χ1v) is 11.3. The van der Waals surface area contributed by atoms with Gasteiger partial charge in [-0.2, -0.15) is 5.10 Å². The summed E-state index contributed by atoms with van der Waals surface area (Å²) in [6, 6.07) is 18.9. The number of methoxy groups -OCH3 is 2. The Kier molecular flexibility index (Phi) is 7.51. The normalized spacial score (nSPS) is 10.9. The molecule has 0 aliphatic rings. The molecule has 4 aromatic rings. The van der Waals surface area contributed by atoms with Gasteiger partial charge in [0.25, 0.3) is 5.91 Å². The lowest BCUT2D eigenvalue weighted by Crippen LogP contribution is -2.20. The molecule has 0 fully saturated rings. The largest absolute Gasteiger partial charge is 0.493 e. The number of carbonyl (C=O) groups excluding carboxylic acids is 1. The molecule has 0 atom stereocenters. The van der Waals surface area contributed by atoms with Gasteiger partial charge in [-0.05, 0) is 36.4 Å². The van der Waals surface area contributed by atoms with Crippen LogP contribution in [0.2, 0.25) is 0 Å². The van der Waals surface area contributed by atoms with Crippen LogP contribution in [-0.2, 0) is 4.79 Å². The third-order valence-corrected chi connectivity index (χ3v) is 5.64. The summed E-state index contributed by atoms with van der Waals surface area (Å²) < 4.78 is 12.7. The topological polar surface area (TPSA) is 104 Å². The van der Waals surface area contributed by atoms with Crippen LogP contribution in [0.3, 0.4) is 0 Å². The second-order valence-corrected chi connectivity index (χ2v) is 7.86. The summed E-state index contributed by atoms with van der Waals surface area (Å²) in [4.78, 5) is 16.3. The van der Waals surface area contributed by atoms with Crippen LogP contribution in [0.5, 0.6) is 11.5 Å². The number of hydrogen-bond donors (Lipinski definition) is 1. The highest BCUT2D eigenvalue weighted by atomic mass is 32.2. The standard InChI is InChI=1S/C24H22N6O3S/c1-32-20-11-10-18(13-21(20)33-2)23-28-29-24(30(23)19-8-4-3-5-9-19)34-16-22(31)27-26-15-17-7-6-12-25-14-17/h3-15H,16H2,1-2H3,(H,27,31)/b26-15-. The number of nitrogens with zero attached hydrogens (tertiary/aromatic N) is 5. The lowest BCUT2D eigenvalue weighted by Gasteiger charge is -2.12. The van der Waals surface area contributed by atoms with E-state index < -0.39 is 0 Å². The SMILES string of the molecule is COc1ccc(-c2nnc(SCC(=O)N/N=C\c3cccnc3)n2-c2ccccc2)cc1OC. The maximum Gasteiger partial charge on any atom is 0.250 e. The van der Waals surface area contributed by atoms with Gasteiger partial charge in [0.1, 0.15) is 0 Å². The first kappa shape index (κ1) is 23.0. The van der Waals surface area contributed by atoms with Gasteiger partial charge < -0.3 is 9.47 Å². The van der Waals surface area contributed by atoms with E-state index in [9.17, 15) is 4.79 Å². The van der Waals surface area contributed by atoms with Gasteiger partial charge in [0.15, 0.2) is 22.5 Å². The Morgan fingerprint density at radius 1 is 1.06 bits per heavy atom. The van der Waals surface area contributed by atoms with Crippen molar-refractivity contribution in [2.45, 2.75) is 5.16 Å². The number of para-hydroxylation sites is 1. The monoisotopic (exact) mass is 474 g/mol. The average molecular weight is 475 g/mol. The molecular formula is C24H22N6O3S. The van der Waals surface area contributed by atoms with E-state index in [0.29, 0.717) is 22.5 Å². The maximum absolute atomic E-state index is 12.3. The van der Waals surface area contributed by atoms with Gasteiger partial charge in [0.2, 0.25) is 0 Å². The molecule has 2 aromatic heterocycles. The summed E-state index contributed by atoms with van der Waals surface area (Å²) in [5.74, 6) is 1.67. The van der Waals surface area contributed by atoms with Gasteiger partial charge in [-0.3, -0.25) is 14.3 Å². The molecule has 0 saturated carbocycles. The second kappa shape index (κ2) is 11.1. The number of carbonyl (C=O) groups is 1. The molecule has 2 aromatic carbocycles. The fourth-order valence-electron chi connectivity index (χ4n) is 3.13.